The molecule has 0 aliphatic heterocycles. The second-order valence-corrected chi connectivity index (χ2v) is 3.36. The number of aromatic carboxylic acids is 1. The molecule has 0 fully saturated rings. The highest BCUT2D eigenvalue weighted by Gasteiger charge is 2.12. The summed E-state index contributed by atoms with van der Waals surface area (Å²) in [5.41, 5.74) is 0.859. The van der Waals surface area contributed by atoms with Crippen molar-refractivity contribution in [2.24, 2.45) is 0 Å². The van der Waals surface area contributed by atoms with Gasteiger partial charge in [-0.05, 0) is 24.6 Å². The normalized spacial score (nSPS) is 10.4. The molecular weight excluding hydrogens is 211 g/mol. The number of rotatable bonds is 2. The molecule has 16 heavy (non-hydrogen) atoms. The molecule has 0 unspecified atom stereocenters. The van der Waals surface area contributed by atoms with Crippen LogP contribution in [0.25, 0.3) is 5.69 Å². The number of nitrogens with zero attached hydrogens (tertiary/aromatic N) is 2. The Labute approximate surface area is 90.9 Å². The summed E-state index contributed by atoms with van der Waals surface area (Å²) in [4.78, 5) is 10.6. The minimum Gasteiger partial charge on any atom is -0.476 e. The molecule has 0 amide bonds. The zero-order valence-electron chi connectivity index (χ0n) is 8.51. The number of aryl methyl sites for hydroxylation is 1. The number of benzene rings is 1. The van der Waals surface area contributed by atoms with Crippen LogP contribution >= 0.6 is 0 Å². The molecule has 2 aromatic rings. The van der Waals surface area contributed by atoms with Gasteiger partial charge in [0.2, 0.25) is 0 Å². The first-order valence-corrected chi connectivity index (χ1v) is 4.64. The van der Waals surface area contributed by atoms with Gasteiger partial charge in [0, 0.05) is 6.20 Å². The fourth-order valence-corrected chi connectivity index (χ4v) is 1.48. The van der Waals surface area contributed by atoms with Crippen LogP contribution in [-0.2, 0) is 0 Å². The largest absolute Gasteiger partial charge is 0.476 e. The van der Waals surface area contributed by atoms with Crippen LogP contribution in [0.2, 0.25) is 0 Å². The quantitative estimate of drug-likeness (QED) is 0.842. The van der Waals surface area contributed by atoms with Gasteiger partial charge in [-0.15, -0.1) is 0 Å². The van der Waals surface area contributed by atoms with E-state index in [1.807, 2.05) is 0 Å². The number of hydrogen-bond acceptors (Lipinski definition) is 2. The molecule has 2 rings (SSSR count). The summed E-state index contributed by atoms with van der Waals surface area (Å²) in [6.07, 6.45) is 1.43. The lowest BCUT2D eigenvalue weighted by atomic mass is 10.2. The lowest BCUT2D eigenvalue weighted by Crippen LogP contribution is -2.04. The van der Waals surface area contributed by atoms with E-state index in [0.717, 1.165) is 0 Å². The third-order valence-corrected chi connectivity index (χ3v) is 2.23. The minimum atomic E-state index is -1.13. The van der Waals surface area contributed by atoms with Crippen molar-refractivity contribution in [2.45, 2.75) is 6.92 Å². The van der Waals surface area contributed by atoms with Gasteiger partial charge in [-0.25, -0.2) is 13.9 Å². The molecule has 0 radical (unpaired) electrons. The zero-order chi connectivity index (χ0) is 11.7. The average Bonchev–Trinajstić information content (AvgIpc) is 2.66. The van der Waals surface area contributed by atoms with E-state index >= 15 is 0 Å². The van der Waals surface area contributed by atoms with Gasteiger partial charge in [-0.1, -0.05) is 12.1 Å². The molecule has 1 N–H and O–H groups in total. The Balaban J connectivity index is 2.54. The Hall–Kier alpha value is -2.17. The molecule has 1 aromatic heterocycles. The smallest absolute Gasteiger partial charge is 0.356 e. The molecule has 0 spiro atoms. The zero-order valence-corrected chi connectivity index (χ0v) is 8.51. The molecule has 0 saturated heterocycles. The molecule has 0 atom stereocenters. The first kappa shape index (κ1) is 10.4. The minimum absolute atomic E-state index is 0.109. The van der Waals surface area contributed by atoms with Crippen molar-refractivity contribution < 1.29 is 14.3 Å². The van der Waals surface area contributed by atoms with E-state index in [4.69, 9.17) is 5.11 Å². The molecule has 4 nitrogen and oxygen atoms in total. The van der Waals surface area contributed by atoms with Crippen LogP contribution in [0.3, 0.4) is 0 Å². The van der Waals surface area contributed by atoms with Crippen molar-refractivity contribution >= 4 is 5.97 Å². The maximum Gasteiger partial charge on any atom is 0.356 e. The summed E-state index contributed by atoms with van der Waals surface area (Å²) in [6, 6.07) is 5.97. The number of carboxylic acids is 1. The van der Waals surface area contributed by atoms with Crippen molar-refractivity contribution in [1.29, 1.82) is 0 Å². The van der Waals surface area contributed by atoms with Gasteiger partial charge in [0.25, 0.3) is 0 Å². The van der Waals surface area contributed by atoms with Crippen molar-refractivity contribution in [3.05, 3.63) is 47.5 Å². The highest BCUT2D eigenvalue weighted by molar-refractivity contribution is 5.85. The second-order valence-electron chi connectivity index (χ2n) is 3.36. The van der Waals surface area contributed by atoms with Gasteiger partial charge < -0.3 is 5.11 Å². The van der Waals surface area contributed by atoms with Crippen LogP contribution in [0.4, 0.5) is 4.39 Å². The van der Waals surface area contributed by atoms with Gasteiger partial charge >= 0.3 is 5.97 Å². The van der Waals surface area contributed by atoms with Crippen molar-refractivity contribution in [3.8, 4) is 5.69 Å². The Bertz CT molecular complexity index is 528. The van der Waals surface area contributed by atoms with Crippen molar-refractivity contribution in [2.75, 3.05) is 0 Å². The van der Waals surface area contributed by atoms with E-state index in [2.05, 4.69) is 5.10 Å². The van der Waals surface area contributed by atoms with Crippen LogP contribution in [0.15, 0.2) is 30.5 Å². The van der Waals surface area contributed by atoms with Crippen LogP contribution in [0, 0.1) is 12.7 Å². The summed E-state index contributed by atoms with van der Waals surface area (Å²) in [5, 5.41) is 12.5. The summed E-state index contributed by atoms with van der Waals surface area (Å²) in [6.45, 7) is 1.74. The standard InChI is InChI=1S/C11H9FN2O2/c1-7-3-2-4-8(12)10(7)14-6-5-9(13-14)11(15)16/h2-6H,1H3,(H,15,16). The molecule has 5 heteroatoms. The Morgan fingerprint density at radius 2 is 2.19 bits per heavy atom. The first-order valence-electron chi connectivity index (χ1n) is 4.64. The summed E-state index contributed by atoms with van der Waals surface area (Å²) in [5.74, 6) is -1.56. The lowest BCUT2D eigenvalue weighted by molar-refractivity contribution is 0.0690. The first-order chi connectivity index (χ1) is 7.59. The Morgan fingerprint density at radius 1 is 1.44 bits per heavy atom. The molecule has 0 aliphatic rings. The van der Waals surface area contributed by atoms with E-state index < -0.39 is 11.8 Å². The third-order valence-electron chi connectivity index (χ3n) is 2.23. The van der Waals surface area contributed by atoms with Crippen LogP contribution in [0.1, 0.15) is 16.1 Å². The van der Waals surface area contributed by atoms with E-state index in [1.54, 1.807) is 19.1 Å². The van der Waals surface area contributed by atoms with Crippen LogP contribution < -0.4 is 0 Å². The molecular formula is C11H9FN2O2. The SMILES string of the molecule is Cc1cccc(F)c1-n1ccc(C(=O)O)n1. The van der Waals surface area contributed by atoms with E-state index in [-0.39, 0.29) is 11.4 Å². The van der Waals surface area contributed by atoms with Gasteiger partial charge in [0.15, 0.2) is 5.69 Å². The van der Waals surface area contributed by atoms with E-state index in [9.17, 15) is 9.18 Å². The van der Waals surface area contributed by atoms with Crippen LogP contribution in [0.5, 0.6) is 0 Å². The number of halogens is 1. The monoisotopic (exact) mass is 220 g/mol. The fraction of sp³-hybridized carbons (Fsp3) is 0.0909. The number of para-hydroxylation sites is 1. The van der Waals surface area contributed by atoms with Crippen molar-refractivity contribution in [1.82, 2.24) is 9.78 Å². The van der Waals surface area contributed by atoms with E-state index in [1.165, 1.54) is 23.0 Å². The highest BCUT2D eigenvalue weighted by Crippen LogP contribution is 2.17. The van der Waals surface area contributed by atoms with Gasteiger partial charge in [-0.3, -0.25) is 0 Å². The summed E-state index contributed by atoms with van der Waals surface area (Å²) in [7, 11) is 0. The highest BCUT2D eigenvalue weighted by atomic mass is 19.1. The number of aromatic nitrogens is 2. The second kappa shape index (κ2) is 3.77. The fourth-order valence-electron chi connectivity index (χ4n) is 1.48. The Morgan fingerprint density at radius 3 is 2.75 bits per heavy atom. The Kier molecular flexibility index (Phi) is 2.44. The number of hydrogen-bond donors (Lipinski definition) is 1. The molecule has 0 saturated carbocycles. The molecule has 82 valence electrons. The average molecular weight is 220 g/mol. The number of carboxylic acid groups (broad SMARTS) is 1. The number of carbonyl (C=O) groups is 1. The topological polar surface area (TPSA) is 55.1 Å². The molecule has 0 bridgehead atoms. The van der Waals surface area contributed by atoms with Crippen molar-refractivity contribution in [3.63, 3.8) is 0 Å². The van der Waals surface area contributed by atoms with Gasteiger partial charge in [-0.2, -0.15) is 5.10 Å². The van der Waals surface area contributed by atoms with Gasteiger partial charge in [0.1, 0.15) is 11.5 Å². The molecule has 1 heterocycles. The summed E-state index contributed by atoms with van der Waals surface area (Å²) >= 11 is 0. The van der Waals surface area contributed by atoms with E-state index in [0.29, 0.717) is 5.56 Å². The molecule has 1 aromatic carbocycles. The summed E-state index contributed by atoms with van der Waals surface area (Å²) < 4.78 is 14.8. The van der Waals surface area contributed by atoms with Crippen LogP contribution in [-0.4, -0.2) is 20.9 Å². The third kappa shape index (κ3) is 1.67. The van der Waals surface area contributed by atoms with Gasteiger partial charge in [0.05, 0.1) is 0 Å². The predicted octanol–water partition coefficient (Wildman–Crippen LogP) is 2.02. The lowest BCUT2D eigenvalue weighted by Gasteiger charge is -2.06. The maximum absolute atomic E-state index is 13.5. The maximum atomic E-state index is 13.5. The molecule has 0 aliphatic carbocycles. The predicted molar refractivity (Wildman–Crippen MR) is 55.2 cm³/mol.